The summed E-state index contributed by atoms with van der Waals surface area (Å²) in [5.74, 6) is -0.498. The van der Waals surface area contributed by atoms with Crippen LogP contribution in [-0.4, -0.2) is 30.2 Å². The van der Waals surface area contributed by atoms with Crippen molar-refractivity contribution in [1.82, 2.24) is 27.4 Å². The SMILES string of the molecule is N.O=C1NC(=O)C2NC(=O)NC2N1. The minimum atomic E-state index is -0.699. The van der Waals surface area contributed by atoms with Crippen LogP contribution in [0.15, 0.2) is 0 Å². The Morgan fingerprint density at radius 1 is 0.923 bits per heavy atom. The largest absolute Gasteiger partial charge is 0.344 e. The summed E-state index contributed by atoms with van der Waals surface area (Å²) in [6.07, 6.45) is -0.626. The highest BCUT2D eigenvalue weighted by Gasteiger charge is 2.41. The quantitative estimate of drug-likeness (QED) is 0.299. The summed E-state index contributed by atoms with van der Waals surface area (Å²) in [6, 6.07) is -1.75. The van der Waals surface area contributed by atoms with Gasteiger partial charge in [0.05, 0.1) is 0 Å². The summed E-state index contributed by atoms with van der Waals surface area (Å²) < 4.78 is 0. The van der Waals surface area contributed by atoms with Crippen LogP contribution >= 0.6 is 0 Å². The van der Waals surface area contributed by atoms with Gasteiger partial charge >= 0.3 is 12.1 Å². The van der Waals surface area contributed by atoms with Crippen LogP contribution in [0.4, 0.5) is 9.59 Å². The smallest absolute Gasteiger partial charge is 0.323 e. The molecule has 8 heteroatoms. The second-order valence-electron chi connectivity index (χ2n) is 2.54. The van der Waals surface area contributed by atoms with Crippen molar-refractivity contribution >= 4 is 18.0 Å². The van der Waals surface area contributed by atoms with Crippen molar-refractivity contribution in [2.24, 2.45) is 0 Å². The van der Waals surface area contributed by atoms with Crippen molar-refractivity contribution < 1.29 is 14.4 Å². The van der Waals surface area contributed by atoms with Gasteiger partial charge in [0, 0.05) is 0 Å². The van der Waals surface area contributed by atoms with E-state index in [1.54, 1.807) is 0 Å². The zero-order valence-electron chi connectivity index (χ0n) is 6.59. The first-order chi connectivity index (χ1) is 5.66. The van der Waals surface area contributed by atoms with E-state index in [-0.39, 0.29) is 6.15 Å². The Kier molecular flexibility index (Phi) is 2.07. The molecule has 2 saturated heterocycles. The van der Waals surface area contributed by atoms with Gasteiger partial charge in [-0.3, -0.25) is 10.1 Å². The van der Waals surface area contributed by atoms with Crippen LogP contribution in [0, 0.1) is 0 Å². The molecule has 0 spiro atoms. The maximum atomic E-state index is 11.0. The molecule has 13 heavy (non-hydrogen) atoms. The molecular weight excluding hydrogens is 178 g/mol. The first-order valence-electron chi connectivity index (χ1n) is 3.35. The Morgan fingerprint density at radius 2 is 1.54 bits per heavy atom. The lowest BCUT2D eigenvalue weighted by molar-refractivity contribution is -0.122. The van der Waals surface area contributed by atoms with E-state index >= 15 is 0 Å². The molecule has 0 aromatic heterocycles. The summed E-state index contributed by atoms with van der Waals surface area (Å²) in [4.78, 5) is 32.4. The molecular formula is C5H9N5O3. The predicted octanol–water partition coefficient (Wildman–Crippen LogP) is -2.00. The van der Waals surface area contributed by atoms with Crippen LogP contribution in [0.25, 0.3) is 0 Å². The molecule has 0 aromatic carbocycles. The first-order valence-corrected chi connectivity index (χ1v) is 3.35. The van der Waals surface area contributed by atoms with Gasteiger partial charge in [0.1, 0.15) is 12.2 Å². The first kappa shape index (κ1) is 9.26. The Morgan fingerprint density at radius 3 is 2.23 bits per heavy atom. The maximum Gasteiger partial charge on any atom is 0.323 e. The number of rotatable bonds is 0. The Balaban J connectivity index is 0.000000845. The van der Waals surface area contributed by atoms with Crippen LogP contribution in [0.5, 0.6) is 0 Å². The third kappa shape index (κ3) is 1.38. The molecule has 0 saturated carbocycles. The fourth-order valence-corrected chi connectivity index (χ4v) is 1.19. The fraction of sp³-hybridized carbons (Fsp3) is 0.400. The number of imide groups is 1. The Labute approximate surface area is 73.0 Å². The number of amides is 5. The molecule has 0 bridgehead atoms. The molecule has 8 nitrogen and oxygen atoms in total. The second-order valence-corrected chi connectivity index (χ2v) is 2.54. The van der Waals surface area contributed by atoms with Crippen LogP contribution in [0.1, 0.15) is 0 Å². The number of fused-ring (bicyclic) bond motifs is 1. The highest BCUT2D eigenvalue weighted by Crippen LogP contribution is 2.02. The van der Waals surface area contributed by atoms with Crippen LogP contribution < -0.4 is 27.4 Å². The summed E-state index contributed by atoms with van der Waals surface area (Å²) in [5, 5.41) is 9.12. The number of urea groups is 2. The molecule has 2 heterocycles. The second kappa shape index (κ2) is 2.90. The highest BCUT2D eigenvalue weighted by atomic mass is 16.2. The summed E-state index contributed by atoms with van der Waals surface area (Å²) >= 11 is 0. The Bertz CT molecular complexity index is 277. The third-order valence-electron chi connectivity index (χ3n) is 1.71. The minimum Gasteiger partial charge on any atom is -0.344 e. The summed E-state index contributed by atoms with van der Waals surface area (Å²) in [7, 11) is 0. The van der Waals surface area contributed by atoms with Crippen LogP contribution in [0.3, 0.4) is 0 Å². The van der Waals surface area contributed by atoms with E-state index in [0.717, 1.165) is 0 Å². The van der Waals surface area contributed by atoms with E-state index in [4.69, 9.17) is 0 Å². The van der Waals surface area contributed by atoms with Gasteiger partial charge in [0.2, 0.25) is 0 Å². The number of carbonyl (C=O) groups excluding carboxylic acids is 3. The van der Waals surface area contributed by atoms with Gasteiger partial charge in [-0.1, -0.05) is 0 Å². The van der Waals surface area contributed by atoms with Gasteiger partial charge in [0.15, 0.2) is 0 Å². The summed E-state index contributed by atoms with van der Waals surface area (Å²) in [6.45, 7) is 0. The minimum absolute atomic E-state index is 0. The zero-order valence-corrected chi connectivity index (χ0v) is 6.59. The van der Waals surface area contributed by atoms with E-state index in [1.807, 2.05) is 5.32 Å². The van der Waals surface area contributed by atoms with Gasteiger partial charge in [-0.15, -0.1) is 0 Å². The Hall–Kier alpha value is -1.83. The number of hydrogen-bond acceptors (Lipinski definition) is 4. The highest BCUT2D eigenvalue weighted by molar-refractivity contribution is 6.03. The van der Waals surface area contributed by atoms with E-state index in [1.165, 1.54) is 0 Å². The van der Waals surface area contributed by atoms with Crippen molar-refractivity contribution in [1.29, 1.82) is 0 Å². The molecule has 2 unspecified atom stereocenters. The lowest BCUT2D eigenvalue weighted by Crippen LogP contribution is -2.64. The number of hydrogen-bond donors (Lipinski definition) is 5. The summed E-state index contributed by atoms with van der Waals surface area (Å²) in [5.41, 5.74) is 0. The lowest BCUT2D eigenvalue weighted by atomic mass is 10.2. The zero-order chi connectivity index (χ0) is 8.72. The molecule has 2 fully saturated rings. The van der Waals surface area contributed by atoms with E-state index in [2.05, 4.69) is 16.0 Å². The molecule has 2 aliphatic rings. The third-order valence-corrected chi connectivity index (χ3v) is 1.71. The van der Waals surface area contributed by atoms with E-state index in [0.29, 0.717) is 0 Å². The standard InChI is InChI=1S/C5H6N4O3.H3N/c10-3-1-2(7-4(11)6-1)8-5(12)9-3;/h1-2H,(H2,6,7,11)(H2,8,9,10,12);1H3. The molecule has 0 aromatic rings. The van der Waals surface area contributed by atoms with E-state index in [9.17, 15) is 14.4 Å². The van der Waals surface area contributed by atoms with Gasteiger partial charge in [-0.2, -0.15) is 0 Å². The monoisotopic (exact) mass is 187 g/mol. The molecule has 0 aliphatic carbocycles. The van der Waals surface area contributed by atoms with Crippen LogP contribution in [-0.2, 0) is 4.79 Å². The van der Waals surface area contributed by atoms with Crippen molar-refractivity contribution in [3.63, 3.8) is 0 Å². The molecule has 2 atom stereocenters. The van der Waals surface area contributed by atoms with E-state index < -0.39 is 30.2 Å². The molecule has 2 aliphatic heterocycles. The normalized spacial score (nSPS) is 30.3. The van der Waals surface area contributed by atoms with Crippen molar-refractivity contribution in [3.8, 4) is 0 Å². The lowest BCUT2D eigenvalue weighted by Gasteiger charge is -2.23. The van der Waals surface area contributed by atoms with Crippen molar-refractivity contribution in [2.45, 2.75) is 12.2 Å². The molecule has 72 valence electrons. The fourth-order valence-electron chi connectivity index (χ4n) is 1.19. The topological polar surface area (TPSA) is 134 Å². The van der Waals surface area contributed by atoms with Gasteiger partial charge < -0.3 is 22.1 Å². The molecule has 0 radical (unpaired) electrons. The number of nitrogens with one attached hydrogen (secondary N) is 4. The maximum absolute atomic E-state index is 11.0. The average Bonchev–Trinajstić information content (AvgIpc) is 2.29. The molecule has 7 N–H and O–H groups in total. The molecule has 2 rings (SSSR count). The number of carbonyl (C=O) groups is 3. The van der Waals surface area contributed by atoms with Gasteiger partial charge in [-0.25, -0.2) is 9.59 Å². The molecule has 5 amide bonds. The van der Waals surface area contributed by atoms with Crippen molar-refractivity contribution in [3.05, 3.63) is 0 Å². The van der Waals surface area contributed by atoms with Gasteiger partial charge in [0.25, 0.3) is 5.91 Å². The van der Waals surface area contributed by atoms with Crippen LogP contribution in [0.2, 0.25) is 0 Å². The average molecular weight is 187 g/mol. The van der Waals surface area contributed by atoms with Gasteiger partial charge in [-0.05, 0) is 0 Å². The van der Waals surface area contributed by atoms with Crippen molar-refractivity contribution in [2.75, 3.05) is 0 Å². The predicted molar refractivity (Wildman–Crippen MR) is 40.9 cm³/mol.